The van der Waals surface area contributed by atoms with E-state index in [1.165, 1.54) is 6.26 Å². The van der Waals surface area contributed by atoms with Crippen molar-refractivity contribution in [3.05, 3.63) is 42.1 Å². The standard InChI is InChI=1S/C16H20N4O3/c1-12-11-19(16(22)14-4-3-9-23-14)7-8-20(12)15(21)10-13-5-6-17-18(13)2/h3-6,9,12H,7-8,10-11H2,1-2H3. The molecular formula is C16H20N4O3. The first-order valence-corrected chi connectivity index (χ1v) is 7.65. The highest BCUT2D eigenvalue weighted by Gasteiger charge is 2.31. The highest BCUT2D eigenvalue weighted by Crippen LogP contribution is 2.15. The van der Waals surface area contributed by atoms with Crippen molar-refractivity contribution in [2.24, 2.45) is 7.05 Å². The van der Waals surface area contributed by atoms with Gasteiger partial charge in [-0.2, -0.15) is 5.10 Å². The van der Waals surface area contributed by atoms with Crippen LogP contribution in [0.1, 0.15) is 23.2 Å². The van der Waals surface area contributed by atoms with Crippen molar-refractivity contribution in [1.29, 1.82) is 0 Å². The Kier molecular flexibility index (Phi) is 4.18. The van der Waals surface area contributed by atoms with Crippen LogP contribution in [-0.2, 0) is 18.3 Å². The predicted octanol–water partition coefficient (Wildman–Crippen LogP) is 0.929. The fourth-order valence-electron chi connectivity index (χ4n) is 2.90. The number of piperazine rings is 1. The molecule has 1 aliphatic heterocycles. The second-order valence-electron chi connectivity index (χ2n) is 5.79. The molecule has 0 bridgehead atoms. The summed E-state index contributed by atoms with van der Waals surface area (Å²) in [6.45, 7) is 3.52. The van der Waals surface area contributed by atoms with Crippen molar-refractivity contribution in [2.45, 2.75) is 19.4 Å². The van der Waals surface area contributed by atoms with Crippen molar-refractivity contribution >= 4 is 11.8 Å². The molecule has 122 valence electrons. The van der Waals surface area contributed by atoms with E-state index in [2.05, 4.69) is 5.10 Å². The van der Waals surface area contributed by atoms with Crippen LogP contribution < -0.4 is 0 Å². The van der Waals surface area contributed by atoms with E-state index in [1.807, 2.05) is 24.9 Å². The molecule has 7 heteroatoms. The molecule has 1 aliphatic rings. The SMILES string of the molecule is CC1CN(C(=O)c2ccco2)CCN1C(=O)Cc1ccnn1C. The molecule has 0 radical (unpaired) electrons. The molecule has 0 aromatic carbocycles. The molecule has 1 fully saturated rings. The molecule has 2 aromatic heterocycles. The minimum atomic E-state index is -0.124. The molecule has 7 nitrogen and oxygen atoms in total. The zero-order valence-electron chi connectivity index (χ0n) is 13.3. The minimum Gasteiger partial charge on any atom is -0.459 e. The molecule has 2 amide bonds. The van der Waals surface area contributed by atoms with Gasteiger partial charge in [0.2, 0.25) is 5.91 Å². The van der Waals surface area contributed by atoms with E-state index < -0.39 is 0 Å². The molecule has 1 unspecified atom stereocenters. The number of rotatable bonds is 3. The van der Waals surface area contributed by atoms with Gasteiger partial charge in [0.05, 0.1) is 12.7 Å². The van der Waals surface area contributed by atoms with Gasteiger partial charge in [0, 0.05) is 44.6 Å². The number of hydrogen-bond donors (Lipinski definition) is 0. The van der Waals surface area contributed by atoms with Crippen LogP contribution in [0.25, 0.3) is 0 Å². The summed E-state index contributed by atoms with van der Waals surface area (Å²) in [4.78, 5) is 28.4. The molecule has 0 spiro atoms. The van der Waals surface area contributed by atoms with Crippen molar-refractivity contribution in [3.8, 4) is 0 Å². The number of nitrogens with zero attached hydrogens (tertiary/aromatic N) is 4. The van der Waals surface area contributed by atoms with Gasteiger partial charge >= 0.3 is 0 Å². The van der Waals surface area contributed by atoms with Gasteiger partial charge < -0.3 is 14.2 Å². The van der Waals surface area contributed by atoms with Gasteiger partial charge in [-0.25, -0.2) is 0 Å². The van der Waals surface area contributed by atoms with Gasteiger partial charge in [-0.15, -0.1) is 0 Å². The van der Waals surface area contributed by atoms with Gasteiger partial charge in [0.15, 0.2) is 5.76 Å². The molecule has 0 N–H and O–H groups in total. The summed E-state index contributed by atoms with van der Waals surface area (Å²) in [5, 5.41) is 4.08. The normalized spacial score (nSPS) is 18.3. The quantitative estimate of drug-likeness (QED) is 0.844. The summed E-state index contributed by atoms with van der Waals surface area (Å²) in [6.07, 6.45) is 3.50. The lowest BCUT2D eigenvalue weighted by Crippen LogP contribution is -2.55. The maximum absolute atomic E-state index is 12.5. The van der Waals surface area contributed by atoms with Gasteiger partial charge in [0.1, 0.15) is 0 Å². The second-order valence-corrected chi connectivity index (χ2v) is 5.79. The van der Waals surface area contributed by atoms with Gasteiger partial charge in [-0.1, -0.05) is 0 Å². The zero-order chi connectivity index (χ0) is 16.4. The summed E-state index contributed by atoms with van der Waals surface area (Å²) in [7, 11) is 1.83. The third kappa shape index (κ3) is 3.13. The number of furan rings is 1. The minimum absolute atomic E-state index is 0.0246. The first-order valence-electron chi connectivity index (χ1n) is 7.65. The van der Waals surface area contributed by atoms with Gasteiger partial charge in [0.25, 0.3) is 5.91 Å². The van der Waals surface area contributed by atoms with E-state index in [1.54, 1.807) is 27.9 Å². The Balaban J connectivity index is 1.61. The Morgan fingerprint density at radius 1 is 1.35 bits per heavy atom. The number of amides is 2. The van der Waals surface area contributed by atoms with E-state index in [4.69, 9.17) is 4.42 Å². The molecule has 3 heterocycles. The molecule has 1 atom stereocenters. The average molecular weight is 316 g/mol. The van der Waals surface area contributed by atoms with Crippen LogP contribution in [0.3, 0.4) is 0 Å². The van der Waals surface area contributed by atoms with Crippen LogP contribution in [-0.4, -0.2) is 57.1 Å². The average Bonchev–Trinajstić information content (AvgIpc) is 3.19. The fourth-order valence-corrected chi connectivity index (χ4v) is 2.90. The van der Waals surface area contributed by atoms with Crippen LogP contribution in [0.4, 0.5) is 0 Å². The first-order chi connectivity index (χ1) is 11.1. The van der Waals surface area contributed by atoms with Crippen molar-refractivity contribution in [1.82, 2.24) is 19.6 Å². The Bertz CT molecular complexity index is 692. The van der Waals surface area contributed by atoms with Crippen LogP contribution in [0, 0.1) is 0 Å². The number of aromatic nitrogens is 2. The van der Waals surface area contributed by atoms with E-state index in [9.17, 15) is 9.59 Å². The Morgan fingerprint density at radius 2 is 2.17 bits per heavy atom. The van der Waals surface area contributed by atoms with E-state index >= 15 is 0 Å². The number of carbonyl (C=O) groups is 2. The van der Waals surface area contributed by atoms with E-state index in [0.29, 0.717) is 31.8 Å². The summed E-state index contributed by atoms with van der Waals surface area (Å²) in [5.74, 6) is 0.277. The molecular weight excluding hydrogens is 296 g/mol. The third-order valence-electron chi connectivity index (χ3n) is 4.22. The summed E-state index contributed by atoms with van der Waals surface area (Å²) in [5.41, 5.74) is 0.885. The summed E-state index contributed by atoms with van der Waals surface area (Å²) >= 11 is 0. The summed E-state index contributed by atoms with van der Waals surface area (Å²) < 4.78 is 6.87. The second kappa shape index (κ2) is 6.28. The van der Waals surface area contributed by atoms with Gasteiger partial charge in [-0.3, -0.25) is 14.3 Å². The Hall–Kier alpha value is -2.57. The molecule has 0 aliphatic carbocycles. The Morgan fingerprint density at radius 3 is 2.78 bits per heavy atom. The van der Waals surface area contributed by atoms with Crippen molar-refractivity contribution in [3.63, 3.8) is 0 Å². The maximum Gasteiger partial charge on any atom is 0.289 e. The number of hydrogen-bond acceptors (Lipinski definition) is 4. The maximum atomic E-state index is 12.5. The highest BCUT2D eigenvalue weighted by molar-refractivity contribution is 5.91. The Labute approximate surface area is 134 Å². The largest absolute Gasteiger partial charge is 0.459 e. The van der Waals surface area contributed by atoms with Crippen molar-refractivity contribution < 1.29 is 14.0 Å². The first kappa shape index (κ1) is 15.3. The van der Waals surface area contributed by atoms with Crippen LogP contribution >= 0.6 is 0 Å². The molecule has 23 heavy (non-hydrogen) atoms. The number of carbonyl (C=O) groups excluding carboxylic acids is 2. The third-order valence-corrected chi connectivity index (χ3v) is 4.22. The molecule has 0 saturated carbocycles. The lowest BCUT2D eigenvalue weighted by atomic mass is 10.1. The van der Waals surface area contributed by atoms with E-state index in [-0.39, 0.29) is 17.9 Å². The lowest BCUT2D eigenvalue weighted by molar-refractivity contribution is -0.134. The van der Waals surface area contributed by atoms with Crippen LogP contribution in [0.15, 0.2) is 35.1 Å². The monoisotopic (exact) mass is 316 g/mol. The zero-order valence-corrected chi connectivity index (χ0v) is 13.3. The van der Waals surface area contributed by atoms with Crippen molar-refractivity contribution in [2.75, 3.05) is 19.6 Å². The van der Waals surface area contributed by atoms with Crippen LogP contribution in [0.5, 0.6) is 0 Å². The number of aryl methyl sites for hydroxylation is 1. The van der Waals surface area contributed by atoms with Crippen LogP contribution in [0.2, 0.25) is 0 Å². The lowest BCUT2D eigenvalue weighted by Gasteiger charge is -2.39. The fraction of sp³-hybridized carbons (Fsp3) is 0.438. The summed E-state index contributed by atoms with van der Waals surface area (Å²) in [6, 6.07) is 5.18. The highest BCUT2D eigenvalue weighted by atomic mass is 16.3. The topological polar surface area (TPSA) is 71.6 Å². The molecule has 3 rings (SSSR count). The molecule has 2 aromatic rings. The van der Waals surface area contributed by atoms with Gasteiger partial charge in [-0.05, 0) is 25.1 Å². The molecule has 1 saturated heterocycles. The smallest absolute Gasteiger partial charge is 0.289 e. The van der Waals surface area contributed by atoms with E-state index in [0.717, 1.165) is 5.69 Å². The predicted molar refractivity (Wildman–Crippen MR) is 82.7 cm³/mol.